The van der Waals surface area contributed by atoms with E-state index >= 15 is 0 Å². The second-order valence-corrected chi connectivity index (χ2v) is 6.85. The summed E-state index contributed by atoms with van der Waals surface area (Å²) in [6.07, 6.45) is 0.839. The highest BCUT2D eigenvalue weighted by Crippen LogP contribution is 2.43. The Kier molecular flexibility index (Phi) is 8.38. The van der Waals surface area contributed by atoms with E-state index in [1.165, 1.54) is 0 Å². The molecule has 0 saturated heterocycles. The van der Waals surface area contributed by atoms with Crippen molar-refractivity contribution in [1.82, 2.24) is 4.90 Å². The molecule has 0 aromatic heterocycles. The molecule has 6 heteroatoms. The fourth-order valence-corrected chi connectivity index (χ4v) is 3.24. The minimum atomic E-state index is 0.165. The monoisotopic (exact) mass is 423 g/mol. The van der Waals surface area contributed by atoms with Gasteiger partial charge in [0.1, 0.15) is 11.5 Å². The number of halogens is 1. The van der Waals surface area contributed by atoms with Crippen molar-refractivity contribution in [2.24, 2.45) is 0 Å². The van der Waals surface area contributed by atoms with E-state index in [2.05, 4.69) is 47.1 Å². The van der Waals surface area contributed by atoms with E-state index in [9.17, 15) is 0 Å². The fourth-order valence-electron chi connectivity index (χ4n) is 2.62. The van der Waals surface area contributed by atoms with E-state index in [0.717, 1.165) is 39.9 Å². The molecule has 0 amide bonds. The lowest BCUT2D eigenvalue weighted by Crippen LogP contribution is -2.16. The molecule has 2 aromatic rings. The zero-order valence-electron chi connectivity index (χ0n) is 15.8. The zero-order valence-corrected chi connectivity index (χ0v) is 17.3. The number of ether oxygens (including phenoxy) is 4. The molecular weight excluding hydrogens is 398 g/mol. The Hall–Kier alpha value is -1.60. The van der Waals surface area contributed by atoms with E-state index in [4.69, 9.17) is 18.9 Å². The minimum Gasteiger partial charge on any atom is -0.467 e. The zero-order chi connectivity index (χ0) is 18.9. The van der Waals surface area contributed by atoms with Gasteiger partial charge in [-0.25, -0.2) is 0 Å². The van der Waals surface area contributed by atoms with Crippen molar-refractivity contribution in [3.8, 4) is 22.6 Å². The number of rotatable bonds is 10. The van der Waals surface area contributed by atoms with Crippen LogP contribution in [0.3, 0.4) is 0 Å². The molecule has 0 radical (unpaired) electrons. The van der Waals surface area contributed by atoms with Crippen LogP contribution in [0.15, 0.2) is 40.9 Å². The van der Waals surface area contributed by atoms with Gasteiger partial charge < -0.3 is 23.8 Å². The van der Waals surface area contributed by atoms with Gasteiger partial charge in [-0.15, -0.1) is 0 Å². The molecule has 0 aliphatic heterocycles. The van der Waals surface area contributed by atoms with Gasteiger partial charge in [0.25, 0.3) is 0 Å². The molecule has 0 aliphatic carbocycles. The molecule has 0 bridgehead atoms. The first-order valence-electron chi connectivity index (χ1n) is 8.37. The van der Waals surface area contributed by atoms with Crippen molar-refractivity contribution in [2.45, 2.75) is 6.42 Å². The molecule has 0 unspecified atom stereocenters. The van der Waals surface area contributed by atoms with Crippen molar-refractivity contribution in [3.63, 3.8) is 0 Å². The van der Waals surface area contributed by atoms with Gasteiger partial charge in [0, 0.05) is 32.4 Å². The Labute approximate surface area is 163 Å². The van der Waals surface area contributed by atoms with E-state index in [-0.39, 0.29) is 13.6 Å². The summed E-state index contributed by atoms with van der Waals surface area (Å²) >= 11 is 3.73. The number of benzene rings is 2. The molecular formula is C20H26BrNO4. The highest BCUT2D eigenvalue weighted by atomic mass is 79.9. The Morgan fingerprint density at radius 2 is 1.54 bits per heavy atom. The standard InChI is InChI=1S/C20H26BrNO4/c1-22(2)11-10-16-19(15-8-6-5-7-9-15)17(25-13-23-3)12-18(20(16)21)26-14-24-4/h5-9,12H,10-11,13-14H2,1-4H3. The smallest absolute Gasteiger partial charge is 0.188 e. The van der Waals surface area contributed by atoms with Crippen LogP contribution in [0.1, 0.15) is 5.56 Å². The van der Waals surface area contributed by atoms with E-state index in [0.29, 0.717) is 5.75 Å². The lowest BCUT2D eigenvalue weighted by molar-refractivity contribution is 0.0458. The molecule has 2 aromatic carbocycles. The van der Waals surface area contributed by atoms with Crippen molar-refractivity contribution >= 4 is 15.9 Å². The molecule has 0 aliphatic rings. The molecule has 26 heavy (non-hydrogen) atoms. The number of hydrogen-bond acceptors (Lipinski definition) is 5. The third-order valence-corrected chi connectivity index (χ3v) is 4.70. The molecule has 0 spiro atoms. The van der Waals surface area contributed by atoms with Crippen LogP contribution in [-0.4, -0.2) is 53.3 Å². The predicted octanol–water partition coefficient (Wildman–Crippen LogP) is 4.19. The summed E-state index contributed by atoms with van der Waals surface area (Å²) in [6, 6.07) is 12.1. The lowest BCUT2D eigenvalue weighted by Gasteiger charge is -2.21. The van der Waals surface area contributed by atoms with Gasteiger partial charge in [-0.1, -0.05) is 30.3 Å². The number of hydrogen-bond donors (Lipinski definition) is 0. The van der Waals surface area contributed by atoms with Crippen LogP contribution < -0.4 is 9.47 Å². The quantitative estimate of drug-likeness (QED) is 0.535. The van der Waals surface area contributed by atoms with Crippen LogP contribution in [0.4, 0.5) is 0 Å². The summed E-state index contributed by atoms with van der Waals surface area (Å²) < 4.78 is 22.7. The first-order valence-corrected chi connectivity index (χ1v) is 9.16. The second kappa shape index (κ2) is 10.5. The van der Waals surface area contributed by atoms with Crippen molar-refractivity contribution in [3.05, 3.63) is 46.4 Å². The number of likely N-dealkylation sites (N-methyl/N-ethyl adjacent to an activating group) is 1. The third kappa shape index (κ3) is 5.45. The summed E-state index contributed by atoms with van der Waals surface area (Å²) in [5, 5.41) is 0. The van der Waals surface area contributed by atoms with Gasteiger partial charge in [-0.05, 0) is 47.6 Å². The normalized spacial score (nSPS) is 11.0. The number of nitrogens with zero attached hydrogens (tertiary/aromatic N) is 1. The Morgan fingerprint density at radius 1 is 0.923 bits per heavy atom. The summed E-state index contributed by atoms with van der Waals surface area (Å²) in [5.74, 6) is 1.41. The molecule has 5 nitrogen and oxygen atoms in total. The first kappa shape index (κ1) is 20.7. The molecule has 0 saturated carbocycles. The van der Waals surface area contributed by atoms with Gasteiger partial charge in [0.2, 0.25) is 0 Å². The summed E-state index contributed by atoms with van der Waals surface area (Å²) in [7, 11) is 7.32. The average molecular weight is 424 g/mol. The van der Waals surface area contributed by atoms with Crippen LogP contribution in [0.25, 0.3) is 11.1 Å². The van der Waals surface area contributed by atoms with Crippen molar-refractivity contribution in [1.29, 1.82) is 0 Å². The second-order valence-electron chi connectivity index (χ2n) is 6.06. The number of methoxy groups -OCH3 is 2. The highest BCUT2D eigenvalue weighted by molar-refractivity contribution is 9.10. The van der Waals surface area contributed by atoms with Gasteiger partial charge >= 0.3 is 0 Å². The van der Waals surface area contributed by atoms with E-state index < -0.39 is 0 Å². The van der Waals surface area contributed by atoms with Gasteiger partial charge in [0.15, 0.2) is 13.6 Å². The van der Waals surface area contributed by atoms with Gasteiger partial charge in [-0.3, -0.25) is 0 Å². The Balaban J connectivity index is 2.60. The maximum atomic E-state index is 5.89. The van der Waals surface area contributed by atoms with Crippen LogP contribution in [0, 0.1) is 0 Å². The average Bonchev–Trinajstić information content (AvgIpc) is 2.65. The first-order chi connectivity index (χ1) is 12.6. The largest absolute Gasteiger partial charge is 0.467 e. The fraction of sp³-hybridized carbons (Fsp3) is 0.400. The highest BCUT2D eigenvalue weighted by Gasteiger charge is 2.20. The predicted molar refractivity (Wildman–Crippen MR) is 107 cm³/mol. The summed E-state index contributed by atoms with van der Waals surface area (Å²) in [4.78, 5) is 2.15. The molecule has 0 N–H and O–H groups in total. The Bertz CT molecular complexity index is 692. The van der Waals surface area contributed by atoms with Crippen LogP contribution in [-0.2, 0) is 15.9 Å². The maximum absolute atomic E-state index is 5.89. The minimum absolute atomic E-state index is 0.165. The Morgan fingerprint density at radius 3 is 2.12 bits per heavy atom. The topological polar surface area (TPSA) is 40.2 Å². The SMILES string of the molecule is COCOc1cc(OCOC)c(-c2ccccc2)c(CCN(C)C)c1Br. The van der Waals surface area contributed by atoms with Gasteiger partial charge in [-0.2, -0.15) is 0 Å². The van der Waals surface area contributed by atoms with Crippen LogP contribution in [0.2, 0.25) is 0 Å². The third-order valence-electron chi connectivity index (χ3n) is 3.83. The van der Waals surface area contributed by atoms with Crippen molar-refractivity contribution < 1.29 is 18.9 Å². The van der Waals surface area contributed by atoms with E-state index in [1.54, 1.807) is 14.2 Å². The van der Waals surface area contributed by atoms with Crippen LogP contribution in [0.5, 0.6) is 11.5 Å². The molecule has 2 rings (SSSR count). The molecule has 142 valence electrons. The maximum Gasteiger partial charge on any atom is 0.188 e. The molecule has 0 atom stereocenters. The summed E-state index contributed by atoms with van der Waals surface area (Å²) in [6.45, 7) is 1.23. The van der Waals surface area contributed by atoms with Gasteiger partial charge in [0.05, 0.1) is 4.47 Å². The summed E-state index contributed by atoms with van der Waals surface area (Å²) in [5.41, 5.74) is 3.26. The lowest BCUT2D eigenvalue weighted by atomic mass is 9.96. The van der Waals surface area contributed by atoms with E-state index in [1.807, 2.05) is 24.3 Å². The molecule has 0 heterocycles. The van der Waals surface area contributed by atoms with Crippen molar-refractivity contribution in [2.75, 3.05) is 48.4 Å². The molecule has 0 fully saturated rings. The van der Waals surface area contributed by atoms with Crippen LogP contribution >= 0.6 is 15.9 Å².